The van der Waals surface area contributed by atoms with Crippen molar-refractivity contribution < 1.29 is 9.90 Å². The van der Waals surface area contributed by atoms with Crippen LogP contribution in [-0.2, 0) is 4.79 Å². The lowest BCUT2D eigenvalue weighted by Crippen LogP contribution is -2.53. The Balaban J connectivity index is 2.75. The molecular formula is C13H25NO2. The molecule has 2 atom stereocenters. The minimum absolute atomic E-state index is 0.410. The van der Waals surface area contributed by atoms with Crippen LogP contribution in [0.5, 0.6) is 0 Å². The number of rotatable bonds is 5. The Morgan fingerprint density at radius 2 is 2.19 bits per heavy atom. The summed E-state index contributed by atoms with van der Waals surface area (Å²) in [6.07, 6.45) is 3.99. The van der Waals surface area contributed by atoms with Crippen molar-refractivity contribution in [1.82, 2.24) is 4.90 Å². The highest BCUT2D eigenvalue weighted by Gasteiger charge is 2.43. The molecule has 3 heteroatoms. The average Bonchev–Trinajstić information content (AvgIpc) is 2.61. The summed E-state index contributed by atoms with van der Waals surface area (Å²) in [7, 11) is 0. The van der Waals surface area contributed by atoms with E-state index in [0.29, 0.717) is 12.0 Å². The SMILES string of the molecule is CC(C)CCC(C)(C(=O)O)N1CCCC1C. The van der Waals surface area contributed by atoms with E-state index in [9.17, 15) is 9.90 Å². The lowest BCUT2D eigenvalue weighted by atomic mass is 9.89. The molecule has 1 fully saturated rings. The van der Waals surface area contributed by atoms with Crippen LogP contribution >= 0.6 is 0 Å². The van der Waals surface area contributed by atoms with Gasteiger partial charge < -0.3 is 5.11 Å². The van der Waals surface area contributed by atoms with Crippen LogP contribution in [0.25, 0.3) is 0 Å². The Bertz CT molecular complexity index is 252. The summed E-state index contributed by atoms with van der Waals surface area (Å²) in [4.78, 5) is 13.7. The summed E-state index contributed by atoms with van der Waals surface area (Å²) in [6.45, 7) is 9.26. The normalized spacial score (nSPS) is 25.9. The second-order valence-corrected chi connectivity index (χ2v) is 5.70. The molecule has 0 radical (unpaired) electrons. The van der Waals surface area contributed by atoms with Crippen molar-refractivity contribution in [3.8, 4) is 0 Å². The van der Waals surface area contributed by atoms with Gasteiger partial charge in [-0.1, -0.05) is 13.8 Å². The summed E-state index contributed by atoms with van der Waals surface area (Å²) in [5.74, 6) is -0.0986. The van der Waals surface area contributed by atoms with Crippen molar-refractivity contribution in [2.75, 3.05) is 6.54 Å². The van der Waals surface area contributed by atoms with Crippen LogP contribution in [0.2, 0.25) is 0 Å². The van der Waals surface area contributed by atoms with E-state index in [1.165, 1.54) is 0 Å². The fraction of sp³-hybridized carbons (Fsp3) is 0.923. The Kier molecular flexibility index (Phi) is 4.36. The summed E-state index contributed by atoms with van der Waals surface area (Å²) in [5.41, 5.74) is -0.666. The molecule has 0 aromatic heterocycles. The summed E-state index contributed by atoms with van der Waals surface area (Å²) >= 11 is 0. The predicted molar refractivity (Wildman–Crippen MR) is 65.5 cm³/mol. The molecular weight excluding hydrogens is 202 g/mol. The van der Waals surface area contributed by atoms with Gasteiger partial charge in [0.1, 0.15) is 5.54 Å². The van der Waals surface area contributed by atoms with E-state index < -0.39 is 11.5 Å². The van der Waals surface area contributed by atoms with Crippen LogP contribution in [0.3, 0.4) is 0 Å². The molecule has 0 spiro atoms. The first-order valence-electron chi connectivity index (χ1n) is 6.38. The van der Waals surface area contributed by atoms with Gasteiger partial charge in [0, 0.05) is 6.04 Å². The number of nitrogens with zero attached hydrogens (tertiary/aromatic N) is 1. The molecule has 94 valence electrons. The molecule has 1 heterocycles. The van der Waals surface area contributed by atoms with Gasteiger partial charge in [0.15, 0.2) is 0 Å². The van der Waals surface area contributed by atoms with Crippen molar-refractivity contribution in [2.45, 2.75) is 65.0 Å². The summed E-state index contributed by atoms with van der Waals surface area (Å²) in [5, 5.41) is 9.48. The third-order valence-corrected chi connectivity index (χ3v) is 3.86. The zero-order valence-corrected chi connectivity index (χ0v) is 11.0. The molecule has 1 aliphatic heterocycles. The second-order valence-electron chi connectivity index (χ2n) is 5.70. The van der Waals surface area contributed by atoms with Crippen molar-refractivity contribution in [3.05, 3.63) is 0 Å². The van der Waals surface area contributed by atoms with Crippen molar-refractivity contribution in [2.24, 2.45) is 5.92 Å². The van der Waals surface area contributed by atoms with Gasteiger partial charge in [-0.2, -0.15) is 0 Å². The molecule has 0 bridgehead atoms. The van der Waals surface area contributed by atoms with Crippen LogP contribution in [-0.4, -0.2) is 34.1 Å². The van der Waals surface area contributed by atoms with E-state index >= 15 is 0 Å². The van der Waals surface area contributed by atoms with Crippen LogP contribution in [0.15, 0.2) is 0 Å². The maximum atomic E-state index is 11.5. The zero-order valence-electron chi connectivity index (χ0n) is 11.0. The van der Waals surface area contributed by atoms with E-state index in [1.807, 2.05) is 6.92 Å². The zero-order chi connectivity index (χ0) is 12.3. The Labute approximate surface area is 98.8 Å². The van der Waals surface area contributed by atoms with Crippen molar-refractivity contribution in [3.63, 3.8) is 0 Å². The third-order valence-electron chi connectivity index (χ3n) is 3.86. The lowest BCUT2D eigenvalue weighted by molar-refractivity contribution is -0.151. The predicted octanol–water partition coefficient (Wildman–Crippen LogP) is 2.75. The first-order chi connectivity index (χ1) is 7.38. The van der Waals surface area contributed by atoms with Gasteiger partial charge in [-0.15, -0.1) is 0 Å². The van der Waals surface area contributed by atoms with E-state index in [1.54, 1.807) is 0 Å². The van der Waals surface area contributed by atoms with E-state index in [2.05, 4.69) is 25.7 Å². The lowest BCUT2D eigenvalue weighted by Gasteiger charge is -2.38. The highest BCUT2D eigenvalue weighted by Crippen LogP contribution is 2.31. The van der Waals surface area contributed by atoms with Crippen molar-refractivity contribution >= 4 is 5.97 Å². The van der Waals surface area contributed by atoms with Gasteiger partial charge >= 0.3 is 5.97 Å². The largest absolute Gasteiger partial charge is 0.480 e. The quantitative estimate of drug-likeness (QED) is 0.785. The fourth-order valence-electron chi connectivity index (χ4n) is 2.61. The molecule has 0 amide bonds. The minimum atomic E-state index is -0.666. The maximum absolute atomic E-state index is 11.5. The molecule has 0 saturated carbocycles. The molecule has 2 unspecified atom stereocenters. The van der Waals surface area contributed by atoms with Crippen LogP contribution in [0.1, 0.15) is 53.4 Å². The number of carbonyl (C=O) groups is 1. The summed E-state index contributed by atoms with van der Waals surface area (Å²) < 4.78 is 0. The van der Waals surface area contributed by atoms with Crippen LogP contribution in [0.4, 0.5) is 0 Å². The van der Waals surface area contributed by atoms with E-state index in [0.717, 1.165) is 32.2 Å². The van der Waals surface area contributed by atoms with Gasteiger partial charge in [-0.25, -0.2) is 0 Å². The maximum Gasteiger partial charge on any atom is 0.323 e. The molecule has 0 aromatic carbocycles. The number of likely N-dealkylation sites (tertiary alicyclic amines) is 1. The van der Waals surface area contributed by atoms with Crippen LogP contribution < -0.4 is 0 Å². The van der Waals surface area contributed by atoms with Crippen molar-refractivity contribution in [1.29, 1.82) is 0 Å². The van der Waals surface area contributed by atoms with E-state index in [4.69, 9.17) is 0 Å². The standard InChI is InChI=1S/C13H25NO2/c1-10(2)7-8-13(4,12(15)16)14-9-5-6-11(14)3/h10-11H,5-9H2,1-4H3,(H,15,16). The molecule has 0 aromatic rings. The summed E-state index contributed by atoms with van der Waals surface area (Å²) in [6, 6.07) is 0.410. The highest BCUT2D eigenvalue weighted by atomic mass is 16.4. The second kappa shape index (κ2) is 5.17. The monoisotopic (exact) mass is 227 g/mol. The van der Waals surface area contributed by atoms with Gasteiger partial charge in [-0.3, -0.25) is 9.69 Å². The molecule has 0 aliphatic carbocycles. The highest BCUT2D eigenvalue weighted by molar-refractivity contribution is 5.78. The molecule has 16 heavy (non-hydrogen) atoms. The molecule has 1 N–H and O–H groups in total. The molecule has 1 rings (SSSR count). The fourth-order valence-corrected chi connectivity index (χ4v) is 2.61. The van der Waals surface area contributed by atoms with Gasteiger partial charge in [0.2, 0.25) is 0 Å². The number of aliphatic carboxylic acids is 1. The Hall–Kier alpha value is -0.570. The number of carboxylic acid groups (broad SMARTS) is 1. The van der Waals surface area contributed by atoms with Crippen LogP contribution in [0, 0.1) is 5.92 Å². The smallest absolute Gasteiger partial charge is 0.323 e. The first kappa shape index (κ1) is 13.5. The average molecular weight is 227 g/mol. The number of hydrogen-bond acceptors (Lipinski definition) is 2. The molecule has 1 aliphatic rings. The first-order valence-corrected chi connectivity index (χ1v) is 6.38. The number of hydrogen-bond donors (Lipinski definition) is 1. The minimum Gasteiger partial charge on any atom is -0.480 e. The molecule has 1 saturated heterocycles. The number of carboxylic acids is 1. The topological polar surface area (TPSA) is 40.5 Å². The third kappa shape index (κ3) is 2.76. The van der Waals surface area contributed by atoms with E-state index in [-0.39, 0.29) is 0 Å². The Morgan fingerprint density at radius 3 is 2.56 bits per heavy atom. The van der Waals surface area contributed by atoms with Gasteiger partial charge in [0.25, 0.3) is 0 Å². The van der Waals surface area contributed by atoms with Gasteiger partial charge in [0.05, 0.1) is 0 Å². The van der Waals surface area contributed by atoms with Gasteiger partial charge in [-0.05, 0) is 52.0 Å². The molecule has 3 nitrogen and oxygen atoms in total. The Morgan fingerprint density at radius 1 is 1.56 bits per heavy atom.